The summed E-state index contributed by atoms with van der Waals surface area (Å²) in [5.41, 5.74) is 18.0. The number of H-pyrrole nitrogens is 2. The highest BCUT2D eigenvalue weighted by Gasteiger charge is 2.38. The van der Waals surface area contributed by atoms with Gasteiger partial charge in [0.15, 0.2) is 5.96 Å². The van der Waals surface area contributed by atoms with Gasteiger partial charge in [-0.25, -0.2) is 14.8 Å². The van der Waals surface area contributed by atoms with Crippen LogP contribution < -0.4 is 27.8 Å². The monoisotopic (exact) mass is 545 g/mol. The summed E-state index contributed by atoms with van der Waals surface area (Å²) < 4.78 is 0. The third-order valence-corrected chi connectivity index (χ3v) is 6.32. The Kier molecular flexibility index (Phi) is 10.4. The van der Waals surface area contributed by atoms with Gasteiger partial charge in [0, 0.05) is 49.7 Å². The molecule has 0 radical (unpaired) electrons. The first kappa shape index (κ1) is 29.1. The van der Waals surface area contributed by atoms with Crippen molar-refractivity contribution >= 4 is 29.7 Å². The fraction of sp³-hybridized carbons (Fsp3) is 0.522. The van der Waals surface area contributed by atoms with E-state index in [2.05, 4.69) is 35.6 Å². The second-order valence-electron chi connectivity index (χ2n) is 9.27. The fourth-order valence-electron chi connectivity index (χ4n) is 4.37. The summed E-state index contributed by atoms with van der Waals surface area (Å²) >= 11 is 0. The summed E-state index contributed by atoms with van der Waals surface area (Å²) in [5.74, 6) is -2.97. The molecule has 1 aliphatic rings. The molecule has 11 N–H and O–H groups in total. The first-order valence-corrected chi connectivity index (χ1v) is 12.5. The summed E-state index contributed by atoms with van der Waals surface area (Å²) in [4.78, 5) is 70.1. The fourth-order valence-corrected chi connectivity index (χ4v) is 4.37. The molecule has 0 spiro atoms. The average Bonchev–Trinajstić information content (AvgIpc) is 3.67. The third-order valence-electron chi connectivity index (χ3n) is 6.32. The summed E-state index contributed by atoms with van der Waals surface area (Å²) in [6.45, 7) is 0.551. The number of amides is 3. The SMILES string of the molecule is NC(N)=NCCCC(NC(=O)C1CCCN1C(=O)C(N)Cc1cnc[nH]1)C(=O)NC(Cc1cnc[nH]1)C(=O)O. The van der Waals surface area contributed by atoms with E-state index in [1.54, 1.807) is 6.20 Å². The van der Waals surface area contributed by atoms with Gasteiger partial charge in [-0.2, -0.15) is 0 Å². The van der Waals surface area contributed by atoms with Gasteiger partial charge in [-0.3, -0.25) is 19.4 Å². The number of nitrogens with zero attached hydrogens (tertiary/aromatic N) is 4. The molecule has 1 saturated heterocycles. The lowest BCUT2D eigenvalue weighted by Crippen LogP contribution is -2.57. The van der Waals surface area contributed by atoms with Crippen molar-refractivity contribution in [1.82, 2.24) is 35.5 Å². The van der Waals surface area contributed by atoms with E-state index in [0.29, 0.717) is 37.2 Å². The lowest BCUT2D eigenvalue weighted by Gasteiger charge is -2.28. The number of aliphatic imine (C=N–C) groups is 1. The molecule has 2 aromatic heterocycles. The van der Waals surface area contributed by atoms with E-state index in [4.69, 9.17) is 17.2 Å². The Hall–Kier alpha value is -4.47. The number of guanidine groups is 1. The number of carboxylic acid groups (broad SMARTS) is 1. The quantitative estimate of drug-likeness (QED) is 0.0693. The van der Waals surface area contributed by atoms with E-state index in [-0.39, 0.29) is 37.7 Å². The van der Waals surface area contributed by atoms with Gasteiger partial charge < -0.3 is 47.8 Å². The van der Waals surface area contributed by atoms with E-state index in [1.165, 1.54) is 23.8 Å². The highest BCUT2D eigenvalue weighted by molar-refractivity contribution is 5.94. The zero-order valence-electron chi connectivity index (χ0n) is 21.4. The molecule has 4 unspecified atom stereocenters. The minimum absolute atomic E-state index is 0.0329. The van der Waals surface area contributed by atoms with Gasteiger partial charge >= 0.3 is 5.97 Å². The van der Waals surface area contributed by atoms with Gasteiger partial charge in [0.25, 0.3) is 0 Å². The van der Waals surface area contributed by atoms with Crippen LogP contribution in [0.5, 0.6) is 0 Å². The molecule has 3 rings (SSSR count). The van der Waals surface area contributed by atoms with Gasteiger partial charge in [0.1, 0.15) is 18.1 Å². The van der Waals surface area contributed by atoms with Crippen molar-refractivity contribution < 1.29 is 24.3 Å². The first-order valence-electron chi connectivity index (χ1n) is 12.5. The van der Waals surface area contributed by atoms with Gasteiger partial charge in [0.2, 0.25) is 17.7 Å². The Morgan fingerprint density at radius 2 is 1.74 bits per heavy atom. The zero-order valence-corrected chi connectivity index (χ0v) is 21.4. The van der Waals surface area contributed by atoms with Crippen molar-refractivity contribution in [3.05, 3.63) is 36.4 Å². The Bertz CT molecular complexity index is 1130. The van der Waals surface area contributed by atoms with E-state index in [0.717, 1.165) is 0 Å². The van der Waals surface area contributed by atoms with Crippen molar-refractivity contribution in [3.63, 3.8) is 0 Å². The second-order valence-corrected chi connectivity index (χ2v) is 9.27. The van der Waals surface area contributed by atoms with Crippen LogP contribution in [0.4, 0.5) is 0 Å². The number of nitrogens with two attached hydrogens (primary N) is 3. The summed E-state index contributed by atoms with van der Waals surface area (Å²) in [6.07, 6.45) is 7.56. The number of hydrogen-bond acceptors (Lipinski definition) is 8. The number of carbonyl (C=O) groups is 4. The predicted molar refractivity (Wildman–Crippen MR) is 139 cm³/mol. The molecule has 2 aromatic rings. The maximum absolute atomic E-state index is 13.3. The van der Waals surface area contributed by atoms with E-state index in [1.807, 2.05) is 0 Å². The Labute approximate surface area is 224 Å². The normalized spacial score (nSPS) is 17.2. The molecule has 4 atom stereocenters. The van der Waals surface area contributed by atoms with Crippen LogP contribution in [0.15, 0.2) is 30.0 Å². The number of aliphatic carboxylic acids is 1. The molecule has 0 aliphatic carbocycles. The second kappa shape index (κ2) is 13.9. The molecule has 0 saturated carbocycles. The van der Waals surface area contributed by atoms with Crippen LogP contribution >= 0.6 is 0 Å². The van der Waals surface area contributed by atoms with Crippen molar-refractivity contribution in [2.75, 3.05) is 13.1 Å². The minimum atomic E-state index is -1.26. The Balaban J connectivity index is 1.68. The summed E-state index contributed by atoms with van der Waals surface area (Å²) in [5, 5.41) is 14.8. The van der Waals surface area contributed by atoms with Crippen LogP contribution in [-0.2, 0) is 32.0 Å². The number of hydrogen-bond donors (Lipinski definition) is 8. The maximum Gasteiger partial charge on any atom is 0.326 e. The van der Waals surface area contributed by atoms with Gasteiger partial charge in [0.05, 0.1) is 18.7 Å². The van der Waals surface area contributed by atoms with Crippen molar-refractivity contribution in [3.8, 4) is 0 Å². The molecule has 3 heterocycles. The molecule has 39 heavy (non-hydrogen) atoms. The van der Waals surface area contributed by atoms with Gasteiger partial charge in [-0.15, -0.1) is 0 Å². The number of aromatic amines is 2. The zero-order chi connectivity index (χ0) is 28.4. The topological polar surface area (TPSA) is 264 Å². The number of aromatic nitrogens is 4. The first-order chi connectivity index (χ1) is 18.7. The standard InChI is InChI=1S/C23H35N11O5/c24-15(7-13-9-27-11-30-13)21(37)34-6-2-4-18(34)20(36)32-16(3-1-5-29-23(25)26)19(35)33-17(22(38)39)8-14-10-28-12-31-14/h9-12,15-18H,1-8,24H2,(H,27,30)(H,28,31)(H,32,36)(H,33,35)(H,38,39)(H4,25,26,29). The van der Waals surface area contributed by atoms with Gasteiger partial charge in [-0.05, 0) is 25.7 Å². The smallest absolute Gasteiger partial charge is 0.326 e. The molecule has 3 amide bonds. The third kappa shape index (κ3) is 8.53. The largest absolute Gasteiger partial charge is 0.480 e. The van der Waals surface area contributed by atoms with Crippen molar-refractivity contribution in [1.29, 1.82) is 0 Å². The predicted octanol–water partition coefficient (Wildman–Crippen LogP) is -2.66. The Morgan fingerprint density at radius 1 is 1.08 bits per heavy atom. The summed E-state index contributed by atoms with van der Waals surface area (Å²) in [7, 11) is 0. The number of nitrogens with one attached hydrogen (secondary N) is 4. The maximum atomic E-state index is 13.3. The molecular formula is C23H35N11O5. The molecular weight excluding hydrogens is 510 g/mol. The molecule has 1 aliphatic heterocycles. The number of rotatable bonds is 14. The van der Waals surface area contributed by atoms with Crippen molar-refractivity contribution in [2.24, 2.45) is 22.2 Å². The minimum Gasteiger partial charge on any atom is -0.480 e. The number of carboxylic acids is 1. The molecule has 212 valence electrons. The van der Waals surface area contributed by atoms with Gasteiger partial charge in [-0.1, -0.05) is 0 Å². The average molecular weight is 546 g/mol. The molecule has 16 nitrogen and oxygen atoms in total. The lowest BCUT2D eigenvalue weighted by molar-refractivity contribution is -0.143. The lowest BCUT2D eigenvalue weighted by atomic mass is 10.1. The number of carbonyl (C=O) groups excluding carboxylic acids is 3. The number of imidazole rings is 2. The van der Waals surface area contributed by atoms with Crippen LogP contribution in [0, 0.1) is 0 Å². The van der Waals surface area contributed by atoms with Crippen LogP contribution in [0.1, 0.15) is 37.1 Å². The van der Waals surface area contributed by atoms with Crippen LogP contribution in [0.3, 0.4) is 0 Å². The van der Waals surface area contributed by atoms with E-state index >= 15 is 0 Å². The Morgan fingerprint density at radius 3 is 2.33 bits per heavy atom. The molecule has 16 heteroatoms. The number of likely N-dealkylation sites (tertiary alicyclic amines) is 1. The molecule has 0 aromatic carbocycles. The highest BCUT2D eigenvalue weighted by atomic mass is 16.4. The summed E-state index contributed by atoms with van der Waals surface area (Å²) in [6, 6.07) is -4.05. The van der Waals surface area contributed by atoms with Crippen LogP contribution in [0.25, 0.3) is 0 Å². The van der Waals surface area contributed by atoms with E-state index < -0.39 is 42.0 Å². The molecule has 1 fully saturated rings. The van der Waals surface area contributed by atoms with Crippen molar-refractivity contribution in [2.45, 2.75) is 62.7 Å². The van der Waals surface area contributed by atoms with Crippen LogP contribution in [0.2, 0.25) is 0 Å². The van der Waals surface area contributed by atoms with E-state index in [9.17, 15) is 24.3 Å². The van der Waals surface area contributed by atoms with Crippen LogP contribution in [-0.4, -0.2) is 96.8 Å². The highest BCUT2D eigenvalue weighted by Crippen LogP contribution is 2.19. The molecule has 0 bridgehead atoms.